The van der Waals surface area contributed by atoms with Crippen molar-refractivity contribution >= 4 is 5.91 Å². The molecule has 80 valence electrons. The Bertz CT molecular complexity index is 264. The molecule has 0 bridgehead atoms. The molecule has 1 N–H and O–H groups in total. The van der Waals surface area contributed by atoms with Crippen LogP contribution in [0.4, 0.5) is 0 Å². The first-order valence-electron chi connectivity index (χ1n) is 4.49. The predicted octanol–water partition coefficient (Wildman–Crippen LogP) is 0.765. The van der Waals surface area contributed by atoms with E-state index < -0.39 is 11.0 Å². The number of carbonyl (C=O) groups is 1. The molecule has 0 atom stereocenters. The predicted molar refractivity (Wildman–Crippen MR) is 53.3 cm³/mol. The number of likely N-dealkylation sites (N-methyl/N-ethyl adjacent to an activating group) is 1. The van der Waals surface area contributed by atoms with Crippen LogP contribution in [-0.4, -0.2) is 35.1 Å². The fourth-order valence-electron chi connectivity index (χ4n) is 0.848. The van der Waals surface area contributed by atoms with Crippen molar-refractivity contribution in [2.24, 2.45) is 5.41 Å². The van der Waals surface area contributed by atoms with Crippen molar-refractivity contribution in [3.05, 3.63) is 0 Å². The summed E-state index contributed by atoms with van der Waals surface area (Å²) >= 11 is 0. The van der Waals surface area contributed by atoms with Gasteiger partial charge in [-0.25, -0.2) is 0 Å². The lowest BCUT2D eigenvalue weighted by molar-refractivity contribution is -0.142. The van der Waals surface area contributed by atoms with Crippen molar-refractivity contribution in [1.29, 1.82) is 5.26 Å². The zero-order chi connectivity index (χ0) is 11.6. The standard InChI is InChI=1S/C10H18N2O2/c1-9(2,6-11)8(14)12(5)10(3,4)7-13/h13H,7H2,1-5H3. The maximum absolute atomic E-state index is 11.8. The number of amides is 1. The summed E-state index contributed by atoms with van der Waals surface area (Å²) in [6.07, 6.45) is 0. The van der Waals surface area contributed by atoms with Gasteiger partial charge in [-0.3, -0.25) is 4.79 Å². The molecule has 0 fully saturated rings. The molecule has 0 spiro atoms. The van der Waals surface area contributed by atoms with Crippen molar-refractivity contribution in [1.82, 2.24) is 4.90 Å². The van der Waals surface area contributed by atoms with Gasteiger partial charge in [-0.15, -0.1) is 0 Å². The Morgan fingerprint density at radius 1 is 1.43 bits per heavy atom. The highest BCUT2D eigenvalue weighted by molar-refractivity contribution is 5.85. The Morgan fingerprint density at radius 2 is 1.86 bits per heavy atom. The summed E-state index contributed by atoms with van der Waals surface area (Å²) in [5.74, 6) is -0.279. The molecule has 0 unspecified atom stereocenters. The third-order valence-electron chi connectivity index (χ3n) is 2.41. The summed E-state index contributed by atoms with van der Waals surface area (Å²) in [7, 11) is 1.59. The average Bonchev–Trinajstić information content (AvgIpc) is 2.15. The highest BCUT2D eigenvalue weighted by atomic mass is 16.3. The van der Waals surface area contributed by atoms with Crippen LogP contribution in [0, 0.1) is 16.7 Å². The van der Waals surface area contributed by atoms with Crippen LogP contribution in [0.2, 0.25) is 0 Å². The van der Waals surface area contributed by atoms with E-state index in [1.54, 1.807) is 34.7 Å². The Balaban J connectivity index is 4.83. The minimum Gasteiger partial charge on any atom is -0.394 e. The zero-order valence-electron chi connectivity index (χ0n) is 9.46. The van der Waals surface area contributed by atoms with E-state index in [4.69, 9.17) is 10.4 Å². The molecule has 14 heavy (non-hydrogen) atoms. The summed E-state index contributed by atoms with van der Waals surface area (Å²) in [6.45, 7) is 6.51. The van der Waals surface area contributed by atoms with E-state index in [0.717, 1.165) is 0 Å². The number of rotatable bonds is 3. The number of hydrogen-bond acceptors (Lipinski definition) is 3. The van der Waals surface area contributed by atoms with Crippen LogP contribution >= 0.6 is 0 Å². The fourth-order valence-corrected chi connectivity index (χ4v) is 0.848. The second kappa shape index (κ2) is 3.97. The molecule has 0 aliphatic rings. The van der Waals surface area contributed by atoms with E-state index >= 15 is 0 Å². The highest BCUT2D eigenvalue weighted by Gasteiger charge is 2.36. The van der Waals surface area contributed by atoms with Crippen LogP contribution < -0.4 is 0 Å². The fraction of sp³-hybridized carbons (Fsp3) is 0.800. The molecule has 0 aliphatic heterocycles. The van der Waals surface area contributed by atoms with Crippen LogP contribution in [0.1, 0.15) is 27.7 Å². The van der Waals surface area contributed by atoms with Crippen molar-refractivity contribution in [2.45, 2.75) is 33.2 Å². The summed E-state index contributed by atoms with van der Waals surface area (Å²) < 4.78 is 0. The molecular formula is C10H18N2O2. The molecule has 0 aromatic carbocycles. The lowest BCUT2D eigenvalue weighted by Crippen LogP contribution is -2.51. The van der Waals surface area contributed by atoms with Crippen molar-refractivity contribution in [3.63, 3.8) is 0 Å². The molecule has 0 radical (unpaired) electrons. The van der Waals surface area contributed by atoms with E-state index in [9.17, 15) is 4.79 Å². The van der Waals surface area contributed by atoms with E-state index in [1.807, 2.05) is 6.07 Å². The van der Waals surface area contributed by atoms with Crippen molar-refractivity contribution in [3.8, 4) is 6.07 Å². The minimum atomic E-state index is -1.04. The van der Waals surface area contributed by atoms with Gasteiger partial charge in [0.15, 0.2) is 0 Å². The first-order chi connectivity index (χ1) is 6.19. The van der Waals surface area contributed by atoms with Crippen molar-refractivity contribution < 1.29 is 9.90 Å². The van der Waals surface area contributed by atoms with Gasteiger partial charge in [0.2, 0.25) is 5.91 Å². The highest BCUT2D eigenvalue weighted by Crippen LogP contribution is 2.22. The SMILES string of the molecule is CN(C(=O)C(C)(C)C#N)C(C)(C)CO. The van der Waals surface area contributed by atoms with Crippen LogP contribution in [0.5, 0.6) is 0 Å². The largest absolute Gasteiger partial charge is 0.394 e. The smallest absolute Gasteiger partial charge is 0.242 e. The Labute approximate surface area is 85.1 Å². The van der Waals surface area contributed by atoms with E-state index in [-0.39, 0.29) is 12.5 Å². The number of nitriles is 1. The van der Waals surface area contributed by atoms with Gasteiger partial charge in [-0.1, -0.05) is 0 Å². The van der Waals surface area contributed by atoms with Gasteiger partial charge >= 0.3 is 0 Å². The van der Waals surface area contributed by atoms with Gasteiger partial charge < -0.3 is 10.0 Å². The lowest BCUT2D eigenvalue weighted by atomic mass is 9.91. The van der Waals surface area contributed by atoms with Gasteiger partial charge in [0.25, 0.3) is 0 Å². The maximum atomic E-state index is 11.8. The van der Waals surface area contributed by atoms with Crippen LogP contribution in [0.3, 0.4) is 0 Å². The Kier molecular flexibility index (Phi) is 3.66. The summed E-state index contributed by atoms with van der Waals surface area (Å²) in [4.78, 5) is 13.2. The molecule has 0 saturated heterocycles. The topological polar surface area (TPSA) is 64.3 Å². The third-order valence-corrected chi connectivity index (χ3v) is 2.41. The number of carbonyl (C=O) groups excluding carboxylic acids is 1. The maximum Gasteiger partial charge on any atom is 0.242 e. The average molecular weight is 198 g/mol. The molecule has 0 heterocycles. The lowest BCUT2D eigenvalue weighted by Gasteiger charge is -2.36. The summed E-state index contributed by atoms with van der Waals surface area (Å²) in [5.41, 5.74) is -1.67. The van der Waals surface area contributed by atoms with E-state index in [2.05, 4.69) is 0 Å². The Morgan fingerprint density at radius 3 is 2.14 bits per heavy atom. The summed E-state index contributed by atoms with van der Waals surface area (Å²) in [6, 6.07) is 1.95. The van der Waals surface area contributed by atoms with Crippen molar-refractivity contribution in [2.75, 3.05) is 13.7 Å². The quantitative estimate of drug-likeness (QED) is 0.728. The molecule has 4 heteroatoms. The first kappa shape index (κ1) is 12.9. The number of aliphatic hydroxyl groups excluding tert-OH is 1. The van der Waals surface area contributed by atoms with Crippen LogP contribution in [0.25, 0.3) is 0 Å². The number of nitrogens with zero attached hydrogens (tertiary/aromatic N) is 2. The molecule has 0 saturated carbocycles. The molecule has 0 aromatic rings. The third kappa shape index (κ3) is 2.46. The van der Waals surface area contributed by atoms with Gasteiger partial charge in [0, 0.05) is 7.05 Å². The first-order valence-corrected chi connectivity index (χ1v) is 4.49. The zero-order valence-corrected chi connectivity index (χ0v) is 9.46. The van der Waals surface area contributed by atoms with Crippen LogP contribution in [0.15, 0.2) is 0 Å². The molecule has 0 aromatic heterocycles. The summed E-state index contributed by atoms with van der Waals surface area (Å²) in [5, 5.41) is 17.9. The van der Waals surface area contributed by atoms with Gasteiger partial charge in [0.1, 0.15) is 5.41 Å². The molecule has 0 rings (SSSR count). The number of hydrogen-bond donors (Lipinski definition) is 1. The molecule has 1 amide bonds. The van der Waals surface area contributed by atoms with E-state index in [1.165, 1.54) is 4.90 Å². The molecule has 4 nitrogen and oxygen atoms in total. The van der Waals surface area contributed by atoms with Gasteiger partial charge in [-0.05, 0) is 27.7 Å². The monoisotopic (exact) mass is 198 g/mol. The van der Waals surface area contributed by atoms with Gasteiger partial charge in [0.05, 0.1) is 18.2 Å². The minimum absolute atomic E-state index is 0.128. The number of aliphatic hydroxyl groups is 1. The van der Waals surface area contributed by atoms with E-state index in [0.29, 0.717) is 0 Å². The molecule has 0 aliphatic carbocycles. The second-order valence-corrected chi connectivity index (χ2v) is 4.57. The second-order valence-electron chi connectivity index (χ2n) is 4.57. The van der Waals surface area contributed by atoms with Gasteiger partial charge in [-0.2, -0.15) is 5.26 Å². The molecular weight excluding hydrogens is 180 g/mol. The van der Waals surface area contributed by atoms with Crippen LogP contribution in [-0.2, 0) is 4.79 Å². The Hall–Kier alpha value is -1.08. The normalized spacial score (nSPS) is 12.1.